The van der Waals surface area contributed by atoms with Crippen LogP contribution in [0.3, 0.4) is 0 Å². The van der Waals surface area contributed by atoms with Gasteiger partial charge in [-0.05, 0) is 69.5 Å². The van der Waals surface area contributed by atoms with Gasteiger partial charge in [0.05, 0.1) is 35.7 Å². The Morgan fingerprint density at radius 3 is 2.49 bits per heavy atom. The van der Waals surface area contributed by atoms with Crippen molar-refractivity contribution >= 4 is 44.4 Å². The molecule has 0 unspecified atom stereocenters. The number of phenols is 1. The number of ether oxygens (including phenoxy) is 2. The summed E-state index contributed by atoms with van der Waals surface area (Å²) in [4.78, 5) is 28.9. The van der Waals surface area contributed by atoms with Crippen LogP contribution in [0.1, 0.15) is 33.3 Å². The Hall–Kier alpha value is -3.49. The number of phenolic OH excluding ortho intramolecular Hbond substituents is 1. The molecule has 35 heavy (non-hydrogen) atoms. The molecule has 0 radical (unpaired) electrons. The molecule has 1 aliphatic rings. The molecule has 1 aromatic heterocycles. The predicted octanol–water partition coefficient (Wildman–Crippen LogP) is 5.68. The third kappa shape index (κ3) is 3.92. The minimum atomic E-state index is -0.787. The summed E-state index contributed by atoms with van der Waals surface area (Å²) in [5.74, 6) is 0.366. The number of hydrogen-bond acceptors (Lipinski definition) is 6. The Bertz CT molecular complexity index is 1530. The summed E-state index contributed by atoms with van der Waals surface area (Å²) in [6, 6.07) is 14.5. The van der Waals surface area contributed by atoms with Gasteiger partial charge in [-0.3, -0.25) is 9.59 Å². The smallest absolute Gasteiger partial charge is 0.291 e. The van der Waals surface area contributed by atoms with E-state index in [-0.39, 0.29) is 45.8 Å². The molecule has 1 aliphatic heterocycles. The van der Waals surface area contributed by atoms with E-state index in [1.165, 1.54) is 13.2 Å². The first kappa shape index (κ1) is 23.3. The predicted molar refractivity (Wildman–Crippen MR) is 135 cm³/mol. The van der Waals surface area contributed by atoms with Crippen molar-refractivity contribution in [2.75, 3.05) is 14.2 Å². The minimum Gasteiger partial charge on any atom is -0.503 e. The molecule has 9 heteroatoms. The molecule has 0 saturated carbocycles. The van der Waals surface area contributed by atoms with Crippen molar-refractivity contribution in [3.8, 4) is 17.2 Å². The number of hydrogen-bond donors (Lipinski definition) is 1. The summed E-state index contributed by atoms with van der Waals surface area (Å²) in [5.41, 5.74) is 1.55. The van der Waals surface area contributed by atoms with Gasteiger partial charge in [-0.25, -0.2) is 0 Å². The van der Waals surface area contributed by atoms with Crippen LogP contribution in [0.25, 0.3) is 11.0 Å². The molecule has 0 aliphatic carbocycles. The van der Waals surface area contributed by atoms with Crippen molar-refractivity contribution in [1.29, 1.82) is 0 Å². The number of aromatic hydroxyl groups is 1. The van der Waals surface area contributed by atoms with Crippen molar-refractivity contribution < 1.29 is 23.8 Å². The highest BCUT2D eigenvalue weighted by Crippen LogP contribution is 2.44. The molecule has 4 aromatic rings. The van der Waals surface area contributed by atoms with Crippen molar-refractivity contribution in [3.05, 3.63) is 96.8 Å². The van der Waals surface area contributed by atoms with Crippen LogP contribution in [0.15, 0.2) is 68.3 Å². The van der Waals surface area contributed by atoms with Gasteiger partial charge in [-0.2, -0.15) is 0 Å². The molecule has 2 heterocycles. The first-order valence-corrected chi connectivity index (χ1v) is 11.8. The standard InChI is InChI=1S/C26H19BrClNO6/c1-33-16-6-3-13(4-7-16)12-29-22(14-9-18(27)24(31)20(10-14)34-2)21-23(30)17-11-15(28)5-8-19(17)35-25(21)26(29)32/h3-11,22,31H,12H2,1-2H3/t22-/m0/s1. The number of benzene rings is 3. The van der Waals surface area contributed by atoms with Gasteiger partial charge in [0.1, 0.15) is 11.3 Å². The molecule has 1 atom stereocenters. The third-order valence-electron chi connectivity index (χ3n) is 6.03. The third-order valence-corrected chi connectivity index (χ3v) is 6.87. The Morgan fingerprint density at radius 1 is 1.06 bits per heavy atom. The number of halogens is 2. The lowest BCUT2D eigenvalue weighted by Gasteiger charge is -2.26. The first-order chi connectivity index (χ1) is 16.8. The molecule has 3 aromatic carbocycles. The molecule has 0 spiro atoms. The molecular formula is C26H19BrClNO6. The number of carbonyl (C=O) groups excluding carboxylic acids is 1. The van der Waals surface area contributed by atoms with Crippen LogP contribution < -0.4 is 14.9 Å². The summed E-state index contributed by atoms with van der Waals surface area (Å²) in [6.07, 6.45) is 0. The fourth-order valence-electron chi connectivity index (χ4n) is 4.34. The van der Waals surface area contributed by atoms with Crippen LogP contribution in [0.2, 0.25) is 5.02 Å². The quantitative estimate of drug-likeness (QED) is 0.340. The van der Waals surface area contributed by atoms with Gasteiger partial charge in [0, 0.05) is 11.6 Å². The van der Waals surface area contributed by atoms with Crippen LogP contribution in [0.4, 0.5) is 0 Å². The summed E-state index contributed by atoms with van der Waals surface area (Å²) in [7, 11) is 3.01. The normalized spacial score (nSPS) is 14.9. The Balaban J connectivity index is 1.73. The van der Waals surface area contributed by atoms with Gasteiger partial charge in [0.15, 0.2) is 16.9 Å². The van der Waals surface area contributed by atoms with Crippen molar-refractivity contribution in [2.24, 2.45) is 0 Å². The second kappa shape index (κ2) is 8.94. The van der Waals surface area contributed by atoms with Gasteiger partial charge in [-0.1, -0.05) is 23.7 Å². The first-order valence-electron chi connectivity index (χ1n) is 10.6. The molecule has 1 N–H and O–H groups in total. The monoisotopic (exact) mass is 555 g/mol. The summed E-state index contributed by atoms with van der Waals surface area (Å²) in [6.45, 7) is 0.203. The molecule has 178 valence electrons. The van der Waals surface area contributed by atoms with E-state index in [4.69, 9.17) is 25.5 Å². The highest BCUT2D eigenvalue weighted by molar-refractivity contribution is 9.10. The number of nitrogens with zero attached hydrogens (tertiary/aromatic N) is 1. The van der Waals surface area contributed by atoms with E-state index in [0.29, 0.717) is 20.8 Å². The van der Waals surface area contributed by atoms with E-state index in [1.54, 1.807) is 48.4 Å². The largest absolute Gasteiger partial charge is 0.503 e. The van der Waals surface area contributed by atoms with Crippen LogP contribution >= 0.6 is 27.5 Å². The lowest BCUT2D eigenvalue weighted by molar-refractivity contribution is 0.0714. The van der Waals surface area contributed by atoms with Crippen LogP contribution in [0, 0.1) is 0 Å². The molecule has 0 fully saturated rings. The van der Waals surface area contributed by atoms with Crippen LogP contribution in [0.5, 0.6) is 17.2 Å². The summed E-state index contributed by atoms with van der Waals surface area (Å²) >= 11 is 9.49. The van der Waals surface area contributed by atoms with Gasteiger partial charge in [0.2, 0.25) is 5.76 Å². The van der Waals surface area contributed by atoms with Gasteiger partial charge in [-0.15, -0.1) is 0 Å². The van der Waals surface area contributed by atoms with E-state index >= 15 is 0 Å². The molecule has 0 bridgehead atoms. The lowest BCUT2D eigenvalue weighted by Crippen LogP contribution is -2.29. The zero-order chi connectivity index (χ0) is 24.9. The van der Waals surface area contributed by atoms with Gasteiger partial charge in [0.25, 0.3) is 5.91 Å². The van der Waals surface area contributed by atoms with E-state index in [0.717, 1.165) is 5.56 Å². The molecule has 0 saturated heterocycles. The highest BCUT2D eigenvalue weighted by atomic mass is 79.9. The zero-order valence-corrected chi connectivity index (χ0v) is 21.0. The maximum atomic E-state index is 13.7. The fourth-order valence-corrected chi connectivity index (χ4v) is 4.97. The Morgan fingerprint density at radius 2 is 1.80 bits per heavy atom. The van der Waals surface area contributed by atoms with Crippen LogP contribution in [-0.4, -0.2) is 30.1 Å². The van der Waals surface area contributed by atoms with Crippen LogP contribution in [-0.2, 0) is 6.54 Å². The van der Waals surface area contributed by atoms with E-state index in [2.05, 4.69) is 15.9 Å². The fraction of sp³-hybridized carbons (Fsp3) is 0.154. The molecule has 5 rings (SSSR count). The minimum absolute atomic E-state index is 0.0218. The van der Waals surface area contributed by atoms with Crippen molar-refractivity contribution in [1.82, 2.24) is 4.90 Å². The van der Waals surface area contributed by atoms with E-state index in [9.17, 15) is 14.7 Å². The molecule has 1 amide bonds. The van der Waals surface area contributed by atoms with E-state index < -0.39 is 11.9 Å². The maximum Gasteiger partial charge on any atom is 0.291 e. The van der Waals surface area contributed by atoms with Gasteiger partial charge >= 0.3 is 0 Å². The molecular weight excluding hydrogens is 538 g/mol. The van der Waals surface area contributed by atoms with E-state index in [1.807, 2.05) is 12.1 Å². The average molecular weight is 557 g/mol. The second-order valence-corrected chi connectivity index (χ2v) is 9.34. The van der Waals surface area contributed by atoms with Crippen molar-refractivity contribution in [3.63, 3.8) is 0 Å². The lowest BCUT2D eigenvalue weighted by atomic mass is 9.97. The number of fused-ring (bicyclic) bond motifs is 2. The SMILES string of the molecule is COc1ccc(CN2C(=O)c3oc4ccc(Cl)cc4c(=O)c3[C@@H]2c2cc(Br)c(O)c(OC)c2)cc1. The number of rotatable bonds is 5. The van der Waals surface area contributed by atoms with Crippen molar-refractivity contribution in [2.45, 2.75) is 12.6 Å². The highest BCUT2D eigenvalue weighted by Gasteiger charge is 2.43. The molecule has 7 nitrogen and oxygen atoms in total. The maximum absolute atomic E-state index is 13.7. The average Bonchev–Trinajstić information content (AvgIpc) is 3.13. The second-order valence-electron chi connectivity index (χ2n) is 8.05. The van der Waals surface area contributed by atoms with Gasteiger partial charge < -0.3 is 23.9 Å². The Labute approximate surface area is 213 Å². The zero-order valence-electron chi connectivity index (χ0n) is 18.7. The Kier molecular flexibility index (Phi) is 5.94. The number of methoxy groups -OCH3 is 2. The number of carbonyl (C=O) groups is 1. The summed E-state index contributed by atoms with van der Waals surface area (Å²) < 4.78 is 16.9. The number of amides is 1. The summed E-state index contributed by atoms with van der Waals surface area (Å²) in [5, 5.41) is 11.0. The topological polar surface area (TPSA) is 89.2 Å².